The van der Waals surface area contributed by atoms with Crippen molar-refractivity contribution in [3.05, 3.63) is 80.5 Å². The molecular formula is C26H30N6O4. The van der Waals surface area contributed by atoms with Crippen molar-refractivity contribution in [1.29, 1.82) is 0 Å². The predicted octanol–water partition coefficient (Wildman–Crippen LogP) is 2.09. The van der Waals surface area contributed by atoms with Gasteiger partial charge in [0.05, 0.1) is 10.9 Å². The largest absolute Gasteiger partial charge is 0.352 e. The second-order valence-electron chi connectivity index (χ2n) is 9.44. The van der Waals surface area contributed by atoms with Gasteiger partial charge in [0, 0.05) is 24.7 Å². The molecule has 0 bridgehead atoms. The highest BCUT2D eigenvalue weighted by Gasteiger charge is 2.21. The van der Waals surface area contributed by atoms with Crippen LogP contribution in [-0.4, -0.2) is 37.1 Å². The summed E-state index contributed by atoms with van der Waals surface area (Å²) in [7, 11) is 0. The Morgan fingerprint density at radius 3 is 2.36 bits per heavy atom. The van der Waals surface area contributed by atoms with Gasteiger partial charge >= 0.3 is 5.69 Å². The topological polar surface area (TPSA) is 120 Å². The van der Waals surface area contributed by atoms with Crippen molar-refractivity contribution in [3.8, 4) is 0 Å². The number of fused-ring (bicyclic) bond motifs is 3. The molecule has 36 heavy (non-hydrogen) atoms. The molecule has 2 amide bonds. The molecule has 2 N–H and O–H groups in total. The highest BCUT2D eigenvalue weighted by Crippen LogP contribution is 2.16. The van der Waals surface area contributed by atoms with E-state index in [1.807, 2.05) is 58.0 Å². The normalized spacial score (nSPS) is 11.5. The molecule has 0 atom stereocenters. The number of carbonyl (C=O) groups excluding carboxylic acids is 2. The molecule has 2 heterocycles. The summed E-state index contributed by atoms with van der Waals surface area (Å²) in [5, 5.41) is 10.3. The van der Waals surface area contributed by atoms with Crippen LogP contribution in [0.1, 0.15) is 49.7 Å². The minimum atomic E-state index is -0.570. The summed E-state index contributed by atoms with van der Waals surface area (Å²) in [6, 6.07) is 13.8. The first-order valence-corrected chi connectivity index (χ1v) is 11.9. The van der Waals surface area contributed by atoms with E-state index in [-0.39, 0.29) is 52.6 Å². The molecule has 0 radical (unpaired) electrons. The molecule has 0 aliphatic carbocycles. The van der Waals surface area contributed by atoms with Crippen molar-refractivity contribution in [3.63, 3.8) is 0 Å². The van der Waals surface area contributed by atoms with Crippen LogP contribution in [-0.2, 0) is 17.9 Å². The lowest BCUT2D eigenvalue weighted by Gasteiger charge is -2.13. The summed E-state index contributed by atoms with van der Waals surface area (Å²) in [6.07, 6.45) is 0. The van der Waals surface area contributed by atoms with E-state index < -0.39 is 5.69 Å². The fraction of sp³-hybridized carbons (Fsp3) is 0.346. The van der Waals surface area contributed by atoms with E-state index in [0.29, 0.717) is 18.7 Å². The van der Waals surface area contributed by atoms with Gasteiger partial charge in [0.15, 0.2) is 0 Å². The number of hydrogen-bond acceptors (Lipinski definition) is 5. The highest BCUT2D eigenvalue weighted by atomic mass is 16.2. The summed E-state index contributed by atoms with van der Waals surface area (Å²) < 4.78 is 3.75. The van der Waals surface area contributed by atoms with Crippen LogP contribution in [0.5, 0.6) is 0 Å². The molecule has 0 spiro atoms. The van der Waals surface area contributed by atoms with Gasteiger partial charge in [-0.25, -0.2) is 13.9 Å². The second-order valence-corrected chi connectivity index (χ2v) is 9.44. The molecule has 4 aromatic rings. The van der Waals surface area contributed by atoms with Gasteiger partial charge in [0.25, 0.3) is 11.5 Å². The number of aromatic nitrogens is 4. The van der Waals surface area contributed by atoms with Crippen molar-refractivity contribution >= 4 is 28.5 Å². The third-order valence-electron chi connectivity index (χ3n) is 5.80. The molecule has 0 saturated carbocycles. The quantitative estimate of drug-likeness (QED) is 0.392. The molecule has 2 aromatic carbocycles. The van der Waals surface area contributed by atoms with Crippen LogP contribution in [0, 0.1) is 5.92 Å². The minimum Gasteiger partial charge on any atom is -0.352 e. The first-order chi connectivity index (χ1) is 17.2. The number of carbonyl (C=O) groups is 2. The van der Waals surface area contributed by atoms with Gasteiger partial charge < -0.3 is 10.6 Å². The molecule has 0 fully saturated rings. The van der Waals surface area contributed by atoms with Crippen molar-refractivity contribution in [2.75, 3.05) is 6.54 Å². The zero-order chi connectivity index (χ0) is 26.0. The van der Waals surface area contributed by atoms with Crippen molar-refractivity contribution in [1.82, 2.24) is 29.4 Å². The van der Waals surface area contributed by atoms with Crippen LogP contribution < -0.4 is 21.9 Å². The van der Waals surface area contributed by atoms with Crippen LogP contribution >= 0.6 is 0 Å². The smallest absolute Gasteiger partial charge is 0.352 e. The third-order valence-corrected chi connectivity index (χ3v) is 5.80. The molecular weight excluding hydrogens is 460 g/mol. The molecule has 0 aliphatic heterocycles. The Hall–Kier alpha value is -4.21. The number of nitrogens with zero attached hydrogens (tertiary/aromatic N) is 4. The van der Waals surface area contributed by atoms with Crippen LogP contribution in [0.2, 0.25) is 0 Å². The molecule has 2 aromatic heterocycles. The lowest BCUT2D eigenvalue weighted by atomic mass is 10.1. The summed E-state index contributed by atoms with van der Waals surface area (Å²) in [5.41, 5.74) is 0.624. The van der Waals surface area contributed by atoms with E-state index in [0.717, 1.165) is 10.2 Å². The monoisotopic (exact) mass is 490 g/mol. The van der Waals surface area contributed by atoms with Gasteiger partial charge in [-0.1, -0.05) is 44.2 Å². The summed E-state index contributed by atoms with van der Waals surface area (Å²) in [5.74, 6) is -0.301. The SMILES string of the molecule is CC(C)CNC(=O)c1ccc2c(=O)n(C(C)C)c3nn(CC(=O)NCc4ccccc4)c(=O)n3c2c1. The Morgan fingerprint density at radius 2 is 1.69 bits per heavy atom. The average Bonchev–Trinajstić information content (AvgIpc) is 3.16. The van der Waals surface area contributed by atoms with E-state index >= 15 is 0 Å². The van der Waals surface area contributed by atoms with Gasteiger partial charge in [-0.15, -0.1) is 5.10 Å². The Labute approximate surface area is 207 Å². The van der Waals surface area contributed by atoms with Crippen LogP contribution in [0.4, 0.5) is 0 Å². The minimum absolute atomic E-state index is 0.114. The van der Waals surface area contributed by atoms with Crippen molar-refractivity contribution in [2.24, 2.45) is 5.92 Å². The molecule has 0 saturated heterocycles. The Balaban J connectivity index is 1.77. The fourth-order valence-corrected chi connectivity index (χ4v) is 3.98. The zero-order valence-corrected chi connectivity index (χ0v) is 20.8. The van der Waals surface area contributed by atoms with E-state index in [9.17, 15) is 19.2 Å². The van der Waals surface area contributed by atoms with Crippen LogP contribution in [0.25, 0.3) is 16.7 Å². The molecule has 188 valence electrons. The lowest BCUT2D eigenvalue weighted by Crippen LogP contribution is -2.32. The third kappa shape index (κ3) is 4.93. The van der Waals surface area contributed by atoms with Crippen molar-refractivity contribution < 1.29 is 9.59 Å². The maximum atomic E-state index is 13.4. The number of rotatable bonds is 8. The van der Waals surface area contributed by atoms with E-state index in [1.165, 1.54) is 15.0 Å². The zero-order valence-electron chi connectivity index (χ0n) is 20.8. The van der Waals surface area contributed by atoms with Crippen molar-refractivity contribution in [2.45, 2.75) is 46.8 Å². The maximum Gasteiger partial charge on any atom is 0.352 e. The molecule has 10 heteroatoms. The summed E-state index contributed by atoms with van der Waals surface area (Å²) in [6.45, 7) is 8.11. The number of nitrogens with one attached hydrogen (secondary N) is 2. The average molecular weight is 491 g/mol. The van der Waals surface area contributed by atoms with Gasteiger partial charge in [-0.3, -0.25) is 19.0 Å². The Bertz CT molecular complexity index is 1550. The molecule has 0 unspecified atom stereocenters. The molecule has 10 nitrogen and oxygen atoms in total. The Kier molecular flexibility index (Phi) is 7.05. The maximum absolute atomic E-state index is 13.4. The number of amides is 2. The first-order valence-electron chi connectivity index (χ1n) is 11.9. The molecule has 0 aliphatic rings. The van der Waals surface area contributed by atoms with E-state index in [2.05, 4.69) is 15.7 Å². The Morgan fingerprint density at radius 1 is 0.972 bits per heavy atom. The summed E-state index contributed by atoms with van der Waals surface area (Å²) in [4.78, 5) is 52.0. The standard InChI is InChI=1S/C26H30N6O4/c1-16(2)13-28-23(34)19-10-11-20-21(12-19)32-25(31(17(3)4)24(20)35)29-30(26(32)36)15-22(33)27-14-18-8-6-5-7-9-18/h5-12,16-17H,13-15H2,1-4H3,(H,27,33)(H,28,34). The second kappa shape index (κ2) is 10.2. The van der Waals surface area contributed by atoms with E-state index in [4.69, 9.17) is 0 Å². The number of hydrogen-bond donors (Lipinski definition) is 2. The van der Waals surface area contributed by atoms with Crippen LogP contribution in [0.3, 0.4) is 0 Å². The van der Waals surface area contributed by atoms with Gasteiger partial charge in [-0.2, -0.15) is 0 Å². The van der Waals surface area contributed by atoms with E-state index in [1.54, 1.807) is 12.1 Å². The fourth-order valence-electron chi connectivity index (χ4n) is 3.98. The first kappa shape index (κ1) is 24.9. The summed E-state index contributed by atoms with van der Waals surface area (Å²) >= 11 is 0. The number of benzene rings is 2. The highest BCUT2D eigenvalue weighted by molar-refractivity contribution is 5.98. The predicted molar refractivity (Wildman–Crippen MR) is 137 cm³/mol. The lowest BCUT2D eigenvalue weighted by molar-refractivity contribution is -0.122. The van der Waals surface area contributed by atoms with Gasteiger partial charge in [-0.05, 0) is 43.5 Å². The molecule has 4 rings (SSSR count). The van der Waals surface area contributed by atoms with Gasteiger partial charge in [0.1, 0.15) is 6.54 Å². The van der Waals surface area contributed by atoms with Gasteiger partial charge in [0.2, 0.25) is 11.7 Å². The van der Waals surface area contributed by atoms with Crippen LogP contribution in [0.15, 0.2) is 58.1 Å².